The minimum Gasteiger partial charge on any atom is -0.387 e. The molecule has 1 fully saturated rings. The van der Waals surface area contributed by atoms with Crippen molar-refractivity contribution in [3.63, 3.8) is 0 Å². The Balaban J connectivity index is 2.76. The molecular formula is C6H12O12S2. The van der Waals surface area contributed by atoms with Gasteiger partial charge in [0.15, 0.2) is 12.4 Å². The third-order valence-corrected chi connectivity index (χ3v) is 3.18. The normalized spacial score (nSPS) is 36.0. The molecule has 120 valence electrons. The summed E-state index contributed by atoms with van der Waals surface area (Å²) < 4.78 is 70.7. The molecule has 1 rings (SSSR count). The number of ether oxygens (including phenoxy) is 1. The van der Waals surface area contributed by atoms with Crippen molar-refractivity contribution in [2.24, 2.45) is 0 Å². The van der Waals surface area contributed by atoms with Gasteiger partial charge in [0.1, 0.15) is 18.3 Å². The van der Waals surface area contributed by atoms with Gasteiger partial charge in [-0.05, 0) is 0 Å². The molecule has 1 aliphatic heterocycles. The van der Waals surface area contributed by atoms with Crippen molar-refractivity contribution in [2.45, 2.75) is 30.7 Å². The van der Waals surface area contributed by atoms with E-state index in [0.717, 1.165) is 0 Å². The molecule has 0 bridgehead atoms. The zero-order valence-electron chi connectivity index (χ0n) is 9.50. The number of aliphatic hydroxyl groups is 3. The molecule has 0 saturated carbocycles. The number of rotatable bonds is 5. The Hall–Kier alpha value is -0.420. The lowest BCUT2D eigenvalue weighted by molar-refractivity contribution is -0.279. The first kappa shape index (κ1) is 17.6. The van der Waals surface area contributed by atoms with Crippen LogP contribution < -0.4 is 0 Å². The summed E-state index contributed by atoms with van der Waals surface area (Å²) in [5.41, 5.74) is 0. The average molecular weight is 340 g/mol. The molecule has 20 heavy (non-hydrogen) atoms. The van der Waals surface area contributed by atoms with Crippen LogP contribution >= 0.6 is 0 Å². The molecule has 12 nitrogen and oxygen atoms in total. The zero-order valence-corrected chi connectivity index (χ0v) is 11.1. The van der Waals surface area contributed by atoms with Crippen LogP contribution in [0.15, 0.2) is 0 Å². The van der Waals surface area contributed by atoms with Crippen LogP contribution in [0.4, 0.5) is 0 Å². The molecule has 0 aliphatic carbocycles. The molecule has 1 aliphatic rings. The first-order valence-electron chi connectivity index (χ1n) is 4.88. The second-order valence-electron chi connectivity index (χ2n) is 3.75. The Labute approximate surface area is 113 Å². The highest BCUT2D eigenvalue weighted by Crippen LogP contribution is 2.23. The van der Waals surface area contributed by atoms with Crippen LogP contribution in [0.5, 0.6) is 0 Å². The van der Waals surface area contributed by atoms with Gasteiger partial charge >= 0.3 is 20.8 Å². The minimum atomic E-state index is -5.04. The van der Waals surface area contributed by atoms with E-state index in [4.69, 9.17) is 9.11 Å². The Bertz CT molecular complexity index is 522. The fourth-order valence-corrected chi connectivity index (χ4v) is 2.25. The highest BCUT2D eigenvalue weighted by Gasteiger charge is 2.47. The largest absolute Gasteiger partial charge is 0.397 e. The van der Waals surface area contributed by atoms with Gasteiger partial charge in [-0.3, -0.25) is 9.11 Å². The molecule has 0 aromatic carbocycles. The molecule has 0 radical (unpaired) electrons. The van der Waals surface area contributed by atoms with E-state index in [1.807, 2.05) is 0 Å². The summed E-state index contributed by atoms with van der Waals surface area (Å²) in [4.78, 5) is 0. The van der Waals surface area contributed by atoms with Gasteiger partial charge in [-0.1, -0.05) is 0 Å². The second kappa shape index (κ2) is 6.14. The molecule has 0 aromatic heterocycles. The minimum absolute atomic E-state index is 0.966. The van der Waals surface area contributed by atoms with Gasteiger partial charge in [-0.15, -0.1) is 0 Å². The number of hydrogen-bond donors (Lipinski definition) is 5. The highest BCUT2D eigenvalue weighted by molar-refractivity contribution is 7.81. The molecular weight excluding hydrogens is 328 g/mol. The summed E-state index contributed by atoms with van der Waals surface area (Å²) in [6.07, 6.45) is -9.74. The maximum Gasteiger partial charge on any atom is 0.397 e. The lowest BCUT2D eigenvalue weighted by Crippen LogP contribution is -2.60. The summed E-state index contributed by atoms with van der Waals surface area (Å²) in [5.74, 6) is 0. The summed E-state index contributed by atoms with van der Waals surface area (Å²) in [7, 11) is -9.89. The lowest BCUT2D eigenvalue weighted by atomic mass is 9.99. The van der Waals surface area contributed by atoms with Crippen molar-refractivity contribution >= 4 is 20.8 Å². The maximum absolute atomic E-state index is 10.5. The molecule has 0 spiro atoms. The van der Waals surface area contributed by atoms with Crippen molar-refractivity contribution in [3.8, 4) is 0 Å². The average Bonchev–Trinajstić information content (AvgIpc) is 2.25. The summed E-state index contributed by atoms with van der Waals surface area (Å²) in [6, 6.07) is 0. The highest BCUT2D eigenvalue weighted by atomic mass is 32.3. The third-order valence-electron chi connectivity index (χ3n) is 2.28. The van der Waals surface area contributed by atoms with E-state index in [-0.39, 0.29) is 0 Å². The second-order valence-corrected chi connectivity index (χ2v) is 5.89. The van der Waals surface area contributed by atoms with E-state index in [2.05, 4.69) is 13.1 Å². The quantitative estimate of drug-likeness (QED) is 0.309. The standard InChI is InChI=1S/C6H12O12S2/c7-3-2(1-16-19(10,11)12)17-6(9)5(4(3)8)18-20(13,14)15/h2-9H,1H2,(H,10,11,12)(H,13,14,15)/t2-,3+,4+,5-,6-/m1/s1. The summed E-state index contributed by atoms with van der Waals surface area (Å²) in [6.45, 7) is -0.966. The predicted octanol–water partition coefficient (Wildman–Crippen LogP) is -3.57. The van der Waals surface area contributed by atoms with Gasteiger partial charge in [0, 0.05) is 0 Å². The third kappa shape index (κ3) is 5.17. The van der Waals surface area contributed by atoms with Crippen molar-refractivity contribution in [1.29, 1.82) is 0 Å². The van der Waals surface area contributed by atoms with Crippen LogP contribution in [0, 0.1) is 0 Å². The van der Waals surface area contributed by atoms with Crippen molar-refractivity contribution in [3.05, 3.63) is 0 Å². The van der Waals surface area contributed by atoms with E-state index >= 15 is 0 Å². The van der Waals surface area contributed by atoms with E-state index in [1.54, 1.807) is 0 Å². The van der Waals surface area contributed by atoms with Gasteiger partial charge in [0.05, 0.1) is 6.61 Å². The van der Waals surface area contributed by atoms with E-state index in [9.17, 15) is 32.2 Å². The molecule has 1 heterocycles. The lowest BCUT2D eigenvalue weighted by Gasteiger charge is -2.38. The summed E-state index contributed by atoms with van der Waals surface area (Å²) in [5, 5.41) is 28.4. The van der Waals surface area contributed by atoms with Gasteiger partial charge in [0.2, 0.25) is 0 Å². The van der Waals surface area contributed by atoms with Gasteiger partial charge in [0.25, 0.3) is 0 Å². The molecule has 14 heteroatoms. The Morgan fingerprint density at radius 3 is 1.95 bits per heavy atom. The van der Waals surface area contributed by atoms with Gasteiger partial charge in [-0.2, -0.15) is 16.8 Å². The van der Waals surface area contributed by atoms with Crippen LogP contribution in [-0.2, 0) is 33.9 Å². The number of aliphatic hydroxyl groups excluding tert-OH is 3. The molecule has 0 aromatic rings. The van der Waals surface area contributed by atoms with Crippen LogP contribution in [-0.4, -0.2) is 78.6 Å². The molecule has 0 unspecified atom stereocenters. The van der Waals surface area contributed by atoms with Gasteiger partial charge < -0.3 is 20.1 Å². The van der Waals surface area contributed by atoms with Crippen LogP contribution in [0.3, 0.4) is 0 Å². The molecule has 1 saturated heterocycles. The first-order valence-corrected chi connectivity index (χ1v) is 7.61. The topological polar surface area (TPSA) is 197 Å². The molecule has 5 atom stereocenters. The van der Waals surface area contributed by atoms with Crippen LogP contribution in [0.25, 0.3) is 0 Å². The number of hydrogen-bond acceptors (Lipinski definition) is 10. The van der Waals surface area contributed by atoms with E-state index < -0.39 is 58.1 Å². The maximum atomic E-state index is 10.5. The molecule has 5 N–H and O–H groups in total. The fraction of sp³-hybridized carbons (Fsp3) is 1.00. The van der Waals surface area contributed by atoms with Crippen LogP contribution in [0.2, 0.25) is 0 Å². The predicted molar refractivity (Wildman–Crippen MR) is 56.8 cm³/mol. The first-order chi connectivity index (χ1) is 8.91. The fourth-order valence-electron chi connectivity index (χ4n) is 1.46. The van der Waals surface area contributed by atoms with E-state index in [0.29, 0.717) is 0 Å². The van der Waals surface area contributed by atoms with Gasteiger partial charge in [-0.25, -0.2) is 8.37 Å². The monoisotopic (exact) mass is 340 g/mol. The smallest absolute Gasteiger partial charge is 0.387 e. The SMILES string of the molecule is O=S(=O)(O)OC[C@H]1O[C@@H](O)[C@H](OS(=O)(=O)O)[C@@H](O)[C@H]1O. The Kier molecular flexibility index (Phi) is 5.41. The Morgan fingerprint density at radius 2 is 1.50 bits per heavy atom. The van der Waals surface area contributed by atoms with E-state index in [1.165, 1.54) is 0 Å². The van der Waals surface area contributed by atoms with Crippen molar-refractivity contribution in [1.82, 2.24) is 0 Å². The van der Waals surface area contributed by atoms with Crippen molar-refractivity contribution in [2.75, 3.05) is 6.61 Å². The van der Waals surface area contributed by atoms with Crippen molar-refractivity contribution < 1.29 is 54.4 Å². The zero-order chi connectivity index (χ0) is 15.7. The van der Waals surface area contributed by atoms with Crippen LogP contribution in [0.1, 0.15) is 0 Å². The Morgan fingerprint density at radius 1 is 0.950 bits per heavy atom. The molecule has 0 amide bonds. The summed E-state index contributed by atoms with van der Waals surface area (Å²) >= 11 is 0.